The molecule has 4 heteroatoms. The summed E-state index contributed by atoms with van der Waals surface area (Å²) in [5, 5.41) is 3.33. The highest BCUT2D eigenvalue weighted by Gasteiger charge is 2.28. The first kappa shape index (κ1) is 14.8. The third kappa shape index (κ3) is 3.85. The lowest BCUT2D eigenvalue weighted by Crippen LogP contribution is -2.46. The molecular formula is C13H25ClN2O. The van der Waals surface area contributed by atoms with Crippen molar-refractivity contribution in [2.45, 2.75) is 39.0 Å². The maximum atomic E-state index is 12.2. The van der Waals surface area contributed by atoms with Crippen LogP contribution >= 0.6 is 12.4 Å². The lowest BCUT2D eigenvalue weighted by molar-refractivity contribution is -0.137. The number of nitrogens with one attached hydrogen (secondary N) is 1. The van der Waals surface area contributed by atoms with Gasteiger partial charge in [-0.2, -0.15) is 0 Å². The Morgan fingerprint density at radius 2 is 2.00 bits per heavy atom. The van der Waals surface area contributed by atoms with E-state index >= 15 is 0 Å². The number of likely N-dealkylation sites (tertiary alicyclic amines) is 1. The van der Waals surface area contributed by atoms with Gasteiger partial charge in [-0.3, -0.25) is 4.79 Å². The zero-order valence-corrected chi connectivity index (χ0v) is 11.6. The Labute approximate surface area is 111 Å². The highest BCUT2D eigenvalue weighted by Crippen LogP contribution is 2.22. The Bertz CT molecular complexity index is 234. The van der Waals surface area contributed by atoms with Crippen molar-refractivity contribution in [3.05, 3.63) is 0 Å². The predicted molar refractivity (Wildman–Crippen MR) is 72.4 cm³/mol. The molecule has 0 aromatic carbocycles. The van der Waals surface area contributed by atoms with Crippen molar-refractivity contribution < 1.29 is 4.79 Å². The van der Waals surface area contributed by atoms with E-state index in [4.69, 9.17) is 0 Å². The number of amides is 1. The van der Waals surface area contributed by atoms with Gasteiger partial charge in [-0.15, -0.1) is 12.4 Å². The summed E-state index contributed by atoms with van der Waals surface area (Å²) in [6.07, 6.45) is 5.93. The Morgan fingerprint density at radius 3 is 2.53 bits per heavy atom. The summed E-state index contributed by atoms with van der Waals surface area (Å²) in [6.45, 7) is 6.23. The summed E-state index contributed by atoms with van der Waals surface area (Å²) in [5.74, 6) is 1.52. The zero-order chi connectivity index (χ0) is 11.4. The summed E-state index contributed by atoms with van der Waals surface area (Å²) < 4.78 is 0. The van der Waals surface area contributed by atoms with Crippen molar-refractivity contribution in [3.63, 3.8) is 0 Å². The van der Waals surface area contributed by atoms with Gasteiger partial charge in [0.25, 0.3) is 0 Å². The molecule has 0 aromatic rings. The molecular weight excluding hydrogens is 236 g/mol. The van der Waals surface area contributed by atoms with Gasteiger partial charge < -0.3 is 10.2 Å². The van der Waals surface area contributed by atoms with Gasteiger partial charge in [0.15, 0.2) is 0 Å². The van der Waals surface area contributed by atoms with Crippen molar-refractivity contribution >= 4 is 18.3 Å². The normalized spacial score (nSPS) is 26.4. The summed E-state index contributed by atoms with van der Waals surface area (Å²) in [7, 11) is 0. The third-order valence-corrected chi connectivity index (χ3v) is 4.15. The first-order valence-corrected chi connectivity index (χ1v) is 6.80. The van der Waals surface area contributed by atoms with Crippen LogP contribution in [0.2, 0.25) is 0 Å². The van der Waals surface area contributed by atoms with Gasteiger partial charge in [-0.1, -0.05) is 13.3 Å². The number of hydrogen-bond donors (Lipinski definition) is 1. The van der Waals surface area contributed by atoms with Gasteiger partial charge in [0, 0.05) is 19.6 Å². The molecule has 2 aliphatic heterocycles. The van der Waals surface area contributed by atoms with Crippen molar-refractivity contribution in [2.75, 3.05) is 26.2 Å². The fourth-order valence-electron chi connectivity index (χ4n) is 2.88. The Balaban J connectivity index is 0.00000144. The number of nitrogens with zero attached hydrogens (tertiary/aromatic N) is 1. The van der Waals surface area contributed by atoms with E-state index in [-0.39, 0.29) is 18.3 Å². The molecule has 0 spiro atoms. The molecule has 2 fully saturated rings. The molecule has 0 bridgehead atoms. The molecule has 1 atom stereocenters. The molecule has 1 amide bonds. The van der Waals surface area contributed by atoms with Crippen molar-refractivity contribution in [2.24, 2.45) is 11.8 Å². The molecule has 3 nitrogen and oxygen atoms in total. The van der Waals surface area contributed by atoms with E-state index in [0.717, 1.165) is 44.9 Å². The molecule has 0 radical (unpaired) electrons. The van der Waals surface area contributed by atoms with Crippen molar-refractivity contribution in [1.82, 2.24) is 10.2 Å². The number of rotatable bonds is 2. The van der Waals surface area contributed by atoms with Gasteiger partial charge in [0.05, 0.1) is 5.92 Å². The lowest BCUT2D eigenvalue weighted by Gasteiger charge is -2.35. The summed E-state index contributed by atoms with van der Waals surface area (Å²) >= 11 is 0. The van der Waals surface area contributed by atoms with Gasteiger partial charge in [-0.25, -0.2) is 0 Å². The largest absolute Gasteiger partial charge is 0.342 e. The number of halogens is 1. The Kier molecular flexibility index (Phi) is 6.28. The van der Waals surface area contributed by atoms with Crippen LogP contribution in [-0.2, 0) is 4.79 Å². The second-order valence-corrected chi connectivity index (χ2v) is 5.22. The highest BCUT2D eigenvalue weighted by atomic mass is 35.5. The molecule has 2 saturated heterocycles. The first-order valence-electron chi connectivity index (χ1n) is 6.80. The maximum Gasteiger partial charge on any atom is 0.226 e. The smallest absolute Gasteiger partial charge is 0.226 e. The van der Waals surface area contributed by atoms with Crippen LogP contribution in [-0.4, -0.2) is 37.0 Å². The molecule has 17 heavy (non-hydrogen) atoms. The van der Waals surface area contributed by atoms with Gasteiger partial charge in [0.1, 0.15) is 0 Å². The van der Waals surface area contributed by atoms with Crippen LogP contribution in [0, 0.1) is 11.8 Å². The second kappa shape index (κ2) is 7.22. The van der Waals surface area contributed by atoms with E-state index in [0.29, 0.717) is 5.91 Å². The zero-order valence-electron chi connectivity index (χ0n) is 10.8. The average molecular weight is 261 g/mol. The van der Waals surface area contributed by atoms with Crippen molar-refractivity contribution in [1.29, 1.82) is 0 Å². The molecule has 2 aliphatic rings. The quantitative estimate of drug-likeness (QED) is 0.824. The van der Waals surface area contributed by atoms with Crippen molar-refractivity contribution in [3.8, 4) is 0 Å². The SMILES string of the molecule is CCC1CCN(C(=O)[C@@H]2CCCNC2)CC1.Cl. The summed E-state index contributed by atoms with van der Waals surface area (Å²) in [6, 6.07) is 0. The number of carbonyl (C=O) groups excluding carboxylic acids is 1. The predicted octanol–water partition coefficient (Wildman–Crippen LogP) is 2.06. The molecule has 2 heterocycles. The molecule has 100 valence electrons. The minimum atomic E-state index is 0. The molecule has 1 N–H and O–H groups in total. The van der Waals surface area contributed by atoms with E-state index in [1.165, 1.54) is 19.3 Å². The van der Waals surface area contributed by atoms with Crippen LogP contribution in [0.1, 0.15) is 39.0 Å². The van der Waals surface area contributed by atoms with Crippen LogP contribution in [0.3, 0.4) is 0 Å². The Morgan fingerprint density at radius 1 is 1.29 bits per heavy atom. The monoisotopic (exact) mass is 260 g/mol. The number of carbonyl (C=O) groups is 1. The molecule has 0 aromatic heterocycles. The molecule has 0 aliphatic carbocycles. The van der Waals surface area contributed by atoms with Crippen LogP contribution in [0.15, 0.2) is 0 Å². The van der Waals surface area contributed by atoms with E-state index in [2.05, 4.69) is 17.1 Å². The summed E-state index contributed by atoms with van der Waals surface area (Å²) in [4.78, 5) is 14.3. The topological polar surface area (TPSA) is 32.3 Å². The maximum absolute atomic E-state index is 12.2. The fraction of sp³-hybridized carbons (Fsp3) is 0.923. The molecule has 0 saturated carbocycles. The van der Waals surface area contributed by atoms with Gasteiger partial charge >= 0.3 is 0 Å². The van der Waals surface area contributed by atoms with Crippen LogP contribution in [0.25, 0.3) is 0 Å². The van der Waals surface area contributed by atoms with E-state index in [9.17, 15) is 4.79 Å². The molecule has 2 rings (SSSR count). The lowest BCUT2D eigenvalue weighted by atomic mass is 9.92. The van der Waals surface area contributed by atoms with Crippen LogP contribution in [0.5, 0.6) is 0 Å². The van der Waals surface area contributed by atoms with Crippen LogP contribution < -0.4 is 5.32 Å². The van der Waals surface area contributed by atoms with E-state index < -0.39 is 0 Å². The highest BCUT2D eigenvalue weighted by molar-refractivity contribution is 5.85. The third-order valence-electron chi connectivity index (χ3n) is 4.15. The van der Waals surface area contributed by atoms with E-state index in [1.54, 1.807) is 0 Å². The minimum absolute atomic E-state index is 0. The number of piperidine rings is 2. The fourth-order valence-corrected chi connectivity index (χ4v) is 2.88. The molecule has 0 unspecified atom stereocenters. The number of hydrogen-bond acceptors (Lipinski definition) is 2. The van der Waals surface area contributed by atoms with E-state index in [1.807, 2.05) is 0 Å². The first-order chi connectivity index (χ1) is 7.81. The van der Waals surface area contributed by atoms with Gasteiger partial charge in [-0.05, 0) is 38.1 Å². The second-order valence-electron chi connectivity index (χ2n) is 5.22. The van der Waals surface area contributed by atoms with Gasteiger partial charge in [0.2, 0.25) is 5.91 Å². The summed E-state index contributed by atoms with van der Waals surface area (Å²) in [5.41, 5.74) is 0. The Hall–Kier alpha value is -0.280. The minimum Gasteiger partial charge on any atom is -0.342 e. The van der Waals surface area contributed by atoms with Crippen LogP contribution in [0.4, 0.5) is 0 Å². The average Bonchev–Trinajstić information content (AvgIpc) is 2.39. The standard InChI is InChI=1S/C13H24N2O.ClH/c1-2-11-5-8-15(9-6-11)13(16)12-4-3-7-14-10-12;/h11-12,14H,2-10H2,1H3;1H/t12-;/m1./s1.